The van der Waals surface area contributed by atoms with Crippen molar-refractivity contribution >= 4 is 22.6 Å². The lowest BCUT2D eigenvalue weighted by molar-refractivity contribution is -0.137. The van der Waals surface area contributed by atoms with Crippen LogP contribution in [0.1, 0.15) is 5.82 Å². The number of hydrogen-bond acceptors (Lipinski definition) is 4. The van der Waals surface area contributed by atoms with Crippen molar-refractivity contribution in [2.24, 2.45) is 0 Å². The number of aromatic nitrogens is 2. The lowest BCUT2D eigenvalue weighted by atomic mass is 10.2. The molecule has 0 amide bonds. The summed E-state index contributed by atoms with van der Waals surface area (Å²) in [5, 5.41) is 11.6. The molecule has 0 unspecified atom stereocenters. The number of anilines is 1. The SMILES string of the molecule is CNc1cc2c(=O)n(CC(=O)O)c(C)nc2cc1F. The van der Waals surface area contributed by atoms with Crippen LogP contribution in [0.5, 0.6) is 0 Å². The van der Waals surface area contributed by atoms with Gasteiger partial charge in [-0.3, -0.25) is 14.2 Å². The summed E-state index contributed by atoms with van der Waals surface area (Å²) in [5.41, 5.74) is -0.126. The summed E-state index contributed by atoms with van der Waals surface area (Å²) in [6, 6.07) is 2.48. The number of hydrogen-bond donors (Lipinski definition) is 2. The zero-order valence-electron chi connectivity index (χ0n) is 10.4. The number of benzene rings is 1. The van der Waals surface area contributed by atoms with Gasteiger partial charge in [0.2, 0.25) is 0 Å². The van der Waals surface area contributed by atoms with Crippen LogP contribution in [0.2, 0.25) is 0 Å². The molecule has 1 heterocycles. The highest BCUT2D eigenvalue weighted by Crippen LogP contribution is 2.19. The highest BCUT2D eigenvalue weighted by molar-refractivity contribution is 5.82. The van der Waals surface area contributed by atoms with Crippen molar-refractivity contribution in [1.29, 1.82) is 0 Å². The highest BCUT2D eigenvalue weighted by Gasteiger charge is 2.13. The maximum Gasteiger partial charge on any atom is 0.323 e. The number of carboxylic acids is 1. The minimum absolute atomic E-state index is 0.164. The smallest absolute Gasteiger partial charge is 0.323 e. The fourth-order valence-corrected chi connectivity index (χ4v) is 1.87. The Hall–Kier alpha value is -2.44. The van der Waals surface area contributed by atoms with E-state index in [1.165, 1.54) is 20.0 Å². The number of nitrogens with zero attached hydrogens (tertiary/aromatic N) is 2. The van der Waals surface area contributed by atoms with E-state index in [4.69, 9.17) is 5.11 Å². The number of nitrogens with one attached hydrogen (secondary N) is 1. The Morgan fingerprint density at radius 3 is 2.79 bits per heavy atom. The van der Waals surface area contributed by atoms with Crippen LogP contribution in [0, 0.1) is 12.7 Å². The van der Waals surface area contributed by atoms with Crippen LogP contribution in [0.3, 0.4) is 0 Å². The summed E-state index contributed by atoms with van der Waals surface area (Å²) in [4.78, 5) is 27.0. The first-order chi connectivity index (χ1) is 8.93. The molecule has 7 heteroatoms. The first-order valence-corrected chi connectivity index (χ1v) is 5.54. The van der Waals surface area contributed by atoms with E-state index < -0.39 is 23.9 Å². The minimum atomic E-state index is -1.14. The first-order valence-electron chi connectivity index (χ1n) is 5.54. The number of fused-ring (bicyclic) bond motifs is 1. The van der Waals surface area contributed by atoms with Gasteiger partial charge in [-0.15, -0.1) is 0 Å². The summed E-state index contributed by atoms with van der Waals surface area (Å²) < 4.78 is 14.6. The van der Waals surface area contributed by atoms with Gasteiger partial charge < -0.3 is 10.4 Å². The van der Waals surface area contributed by atoms with Gasteiger partial charge in [0.15, 0.2) is 0 Å². The van der Waals surface area contributed by atoms with Crippen LogP contribution in [-0.2, 0) is 11.3 Å². The predicted octanol–water partition coefficient (Wildman–Crippen LogP) is 0.970. The fraction of sp³-hybridized carbons (Fsp3) is 0.250. The molecule has 0 radical (unpaired) electrons. The maximum absolute atomic E-state index is 13.6. The van der Waals surface area contributed by atoms with Crippen LogP contribution in [-0.4, -0.2) is 27.7 Å². The number of rotatable bonds is 3. The largest absolute Gasteiger partial charge is 0.480 e. The molecule has 2 rings (SSSR count). The monoisotopic (exact) mass is 265 g/mol. The van der Waals surface area contributed by atoms with E-state index in [0.717, 1.165) is 10.6 Å². The van der Waals surface area contributed by atoms with Gasteiger partial charge in [-0.2, -0.15) is 0 Å². The van der Waals surface area contributed by atoms with Gasteiger partial charge in [0.25, 0.3) is 5.56 Å². The summed E-state index contributed by atoms with van der Waals surface area (Å²) in [7, 11) is 1.53. The molecule has 1 aromatic heterocycles. The normalized spacial score (nSPS) is 10.7. The standard InChI is InChI=1S/C12H12FN3O3/c1-6-15-9-4-8(13)10(14-2)3-7(9)12(19)16(6)5-11(17)18/h3-4,14H,5H2,1-2H3,(H,17,18). The van der Waals surface area contributed by atoms with Crippen LogP contribution in [0.25, 0.3) is 10.9 Å². The molecule has 0 aliphatic heterocycles. The Morgan fingerprint density at radius 1 is 1.53 bits per heavy atom. The van der Waals surface area contributed by atoms with Gasteiger partial charge in [-0.1, -0.05) is 0 Å². The van der Waals surface area contributed by atoms with Gasteiger partial charge in [-0.25, -0.2) is 9.37 Å². The Labute approximate surface area is 107 Å². The van der Waals surface area contributed by atoms with Crippen molar-refractivity contribution < 1.29 is 14.3 Å². The molecule has 0 aliphatic carbocycles. The molecule has 2 aromatic rings. The molecule has 0 fully saturated rings. The summed E-state index contributed by atoms with van der Waals surface area (Å²) in [5.74, 6) is -1.42. The van der Waals surface area contributed by atoms with E-state index in [-0.39, 0.29) is 22.4 Å². The van der Waals surface area contributed by atoms with E-state index in [1.807, 2.05) is 0 Å². The van der Waals surface area contributed by atoms with E-state index >= 15 is 0 Å². The van der Waals surface area contributed by atoms with Crippen LogP contribution in [0.15, 0.2) is 16.9 Å². The minimum Gasteiger partial charge on any atom is -0.480 e. The average molecular weight is 265 g/mol. The molecule has 19 heavy (non-hydrogen) atoms. The second-order valence-electron chi connectivity index (χ2n) is 4.04. The van der Waals surface area contributed by atoms with Gasteiger partial charge >= 0.3 is 5.97 Å². The highest BCUT2D eigenvalue weighted by atomic mass is 19.1. The molecule has 1 aromatic carbocycles. The lowest BCUT2D eigenvalue weighted by Gasteiger charge is -2.10. The van der Waals surface area contributed by atoms with Crippen molar-refractivity contribution in [2.45, 2.75) is 13.5 Å². The van der Waals surface area contributed by atoms with Gasteiger partial charge in [0.1, 0.15) is 18.2 Å². The second kappa shape index (κ2) is 4.68. The Kier molecular flexibility index (Phi) is 3.20. The Morgan fingerprint density at radius 2 is 2.21 bits per heavy atom. The third-order valence-corrected chi connectivity index (χ3v) is 2.80. The molecular formula is C12H12FN3O3. The van der Waals surface area contributed by atoms with Crippen molar-refractivity contribution in [2.75, 3.05) is 12.4 Å². The number of halogens is 1. The molecule has 100 valence electrons. The van der Waals surface area contributed by atoms with Crippen LogP contribution < -0.4 is 10.9 Å². The van der Waals surface area contributed by atoms with Gasteiger partial charge in [-0.05, 0) is 13.0 Å². The fourth-order valence-electron chi connectivity index (χ4n) is 1.87. The van der Waals surface area contributed by atoms with Crippen LogP contribution in [0.4, 0.5) is 10.1 Å². The van der Waals surface area contributed by atoms with Crippen molar-refractivity contribution in [3.05, 3.63) is 34.1 Å². The Bertz CT molecular complexity index is 724. The van der Waals surface area contributed by atoms with E-state index in [2.05, 4.69) is 10.3 Å². The number of aliphatic carboxylic acids is 1. The molecule has 0 atom stereocenters. The molecule has 0 bridgehead atoms. The topological polar surface area (TPSA) is 84.2 Å². The second-order valence-corrected chi connectivity index (χ2v) is 4.04. The van der Waals surface area contributed by atoms with E-state index in [9.17, 15) is 14.0 Å². The van der Waals surface area contributed by atoms with Gasteiger partial charge in [0.05, 0.1) is 16.6 Å². The summed E-state index contributed by atoms with van der Waals surface area (Å²) in [6.45, 7) is 1.04. The molecule has 0 aliphatic rings. The summed E-state index contributed by atoms with van der Waals surface area (Å²) in [6.07, 6.45) is 0. The van der Waals surface area contributed by atoms with Crippen molar-refractivity contribution in [3.63, 3.8) is 0 Å². The zero-order valence-corrected chi connectivity index (χ0v) is 10.4. The quantitative estimate of drug-likeness (QED) is 0.863. The number of carboxylic acid groups (broad SMARTS) is 1. The third-order valence-electron chi connectivity index (χ3n) is 2.80. The van der Waals surface area contributed by atoms with Crippen molar-refractivity contribution in [1.82, 2.24) is 9.55 Å². The Balaban J connectivity index is 2.78. The summed E-state index contributed by atoms with van der Waals surface area (Å²) >= 11 is 0. The molecule has 0 saturated heterocycles. The first kappa shape index (κ1) is 13.0. The average Bonchev–Trinajstić information content (AvgIpc) is 2.33. The maximum atomic E-state index is 13.6. The molecule has 6 nitrogen and oxygen atoms in total. The molecule has 2 N–H and O–H groups in total. The molecule has 0 saturated carbocycles. The number of carbonyl (C=O) groups is 1. The lowest BCUT2D eigenvalue weighted by Crippen LogP contribution is -2.27. The molecular weight excluding hydrogens is 253 g/mol. The molecule has 0 spiro atoms. The van der Waals surface area contributed by atoms with Gasteiger partial charge in [0, 0.05) is 13.1 Å². The predicted molar refractivity (Wildman–Crippen MR) is 67.9 cm³/mol. The van der Waals surface area contributed by atoms with E-state index in [0.29, 0.717) is 0 Å². The van der Waals surface area contributed by atoms with E-state index in [1.54, 1.807) is 0 Å². The van der Waals surface area contributed by atoms with Crippen molar-refractivity contribution in [3.8, 4) is 0 Å². The van der Waals surface area contributed by atoms with Crippen LogP contribution >= 0.6 is 0 Å². The number of aryl methyl sites for hydroxylation is 1. The zero-order chi connectivity index (χ0) is 14.2. The third kappa shape index (κ3) is 2.26.